The molecule has 0 aliphatic carbocycles. The molecular formula is C23H18F2N2O3. The van der Waals surface area contributed by atoms with Crippen LogP contribution < -0.4 is 4.74 Å². The normalized spacial score (nSPS) is 12.2. The van der Waals surface area contributed by atoms with Gasteiger partial charge in [0.15, 0.2) is 0 Å². The van der Waals surface area contributed by atoms with Crippen molar-refractivity contribution in [3.05, 3.63) is 106 Å². The van der Waals surface area contributed by atoms with Gasteiger partial charge in [-0.15, -0.1) is 0 Å². The molecule has 30 heavy (non-hydrogen) atoms. The number of alkyl halides is 2. The molecule has 0 fully saturated rings. The smallest absolute Gasteiger partial charge is 0.387 e. The highest BCUT2D eigenvalue weighted by Crippen LogP contribution is 2.36. The van der Waals surface area contributed by atoms with Crippen LogP contribution in [0.25, 0.3) is 16.6 Å². The second-order valence-electron chi connectivity index (χ2n) is 6.82. The van der Waals surface area contributed by atoms with Gasteiger partial charge in [-0.2, -0.15) is 8.78 Å². The number of rotatable bonds is 7. The molecule has 4 aromatic rings. The molecule has 0 amide bonds. The van der Waals surface area contributed by atoms with Gasteiger partial charge in [-0.3, -0.25) is 10.1 Å². The molecule has 2 aromatic carbocycles. The summed E-state index contributed by atoms with van der Waals surface area (Å²) in [7, 11) is 0. The Morgan fingerprint density at radius 3 is 2.33 bits per heavy atom. The van der Waals surface area contributed by atoms with Gasteiger partial charge in [-0.05, 0) is 41.5 Å². The molecule has 7 heteroatoms. The second kappa shape index (κ2) is 8.32. The van der Waals surface area contributed by atoms with Crippen molar-refractivity contribution in [1.29, 1.82) is 0 Å². The number of nitro groups is 1. The molecule has 0 aliphatic heterocycles. The average Bonchev–Trinajstić information content (AvgIpc) is 3.12. The van der Waals surface area contributed by atoms with Gasteiger partial charge in [0.25, 0.3) is 0 Å². The highest BCUT2D eigenvalue weighted by Gasteiger charge is 2.27. The number of aromatic nitrogens is 1. The van der Waals surface area contributed by atoms with Crippen molar-refractivity contribution in [2.45, 2.75) is 12.5 Å². The maximum absolute atomic E-state index is 12.5. The predicted octanol–water partition coefficient (Wildman–Crippen LogP) is 5.62. The standard InChI is InChI=1S/C23H18F2N2O3/c24-23(25)30-19-11-9-17(10-12-19)21(15-27(28)29)22-20(16-6-2-1-3-7-16)14-18-8-4-5-13-26(18)22/h1-14,21,23H,15H2/t21-/m0/s1. The minimum atomic E-state index is -2.93. The van der Waals surface area contributed by atoms with E-state index in [4.69, 9.17) is 0 Å². The molecule has 1 atom stereocenters. The summed E-state index contributed by atoms with van der Waals surface area (Å²) in [5.41, 5.74) is 4.17. The van der Waals surface area contributed by atoms with Crippen LogP contribution in [0.1, 0.15) is 17.2 Å². The Balaban J connectivity index is 1.88. The molecule has 0 radical (unpaired) electrons. The SMILES string of the molecule is O=[N+]([O-])C[C@@H](c1ccc(OC(F)F)cc1)c1c(-c2ccccc2)cc2ccccn12. The second-order valence-corrected chi connectivity index (χ2v) is 6.82. The lowest BCUT2D eigenvalue weighted by atomic mass is 9.91. The number of pyridine rings is 1. The van der Waals surface area contributed by atoms with E-state index in [1.807, 2.05) is 65.2 Å². The van der Waals surface area contributed by atoms with Gasteiger partial charge < -0.3 is 9.14 Å². The third-order valence-electron chi connectivity index (χ3n) is 4.97. The fourth-order valence-electron chi connectivity index (χ4n) is 3.73. The largest absolute Gasteiger partial charge is 0.435 e. The Labute approximate surface area is 171 Å². The quantitative estimate of drug-likeness (QED) is 0.295. The summed E-state index contributed by atoms with van der Waals surface area (Å²) < 4.78 is 31.3. The lowest BCUT2D eigenvalue weighted by Crippen LogP contribution is -2.16. The van der Waals surface area contributed by atoms with E-state index in [2.05, 4.69) is 4.74 Å². The Kier molecular flexibility index (Phi) is 5.43. The molecule has 0 saturated heterocycles. The average molecular weight is 408 g/mol. The fourth-order valence-corrected chi connectivity index (χ4v) is 3.73. The van der Waals surface area contributed by atoms with E-state index in [1.54, 1.807) is 12.1 Å². The van der Waals surface area contributed by atoms with Crippen LogP contribution in [-0.4, -0.2) is 22.5 Å². The number of benzene rings is 2. The van der Waals surface area contributed by atoms with Gasteiger partial charge in [-0.25, -0.2) is 0 Å². The molecule has 4 rings (SSSR count). The van der Waals surface area contributed by atoms with Crippen molar-refractivity contribution >= 4 is 5.52 Å². The lowest BCUT2D eigenvalue weighted by Gasteiger charge is -2.17. The summed E-state index contributed by atoms with van der Waals surface area (Å²) in [6, 6.07) is 23.4. The summed E-state index contributed by atoms with van der Waals surface area (Å²) in [5, 5.41) is 11.5. The Hall–Kier alpha value is -3.74. The number of ether oxygens (including phenoxy) is 1. The van der Waals surface area contributed by atoms with Gasteiger partial charge in [0.2, 0.25) is 6.54 Å². The van der Waals surface area contributed by atoms with E-state index in [-0.39, 0.29) is 17.2 Å². The Bertz CT molecular complexity index is 1160. The summed E-state index contributed by atoms with van der Waals surface area (Å²) in [6.07, 6.45) is 1.87. The zero-order chi connectivity index (χ0) is 21.1. The zero-order valence-corrected chi connectivity index (χ0v) is 15.8. The first-order valence-corrected chi connectivity index (χ1v) is 9.35. The van der Waals surface area contributed by atoms with Crippen molar-refractivity contribution < 1.29 is 18.4 Å². The summed E-state index contributed by atoms with van der Waals surface area (Å²) >= 11 is 0. The third kappa shape index (κ3) is 4.00. The van der Waals surface area contributed by atoms with Gasteiger partial charge >= 0.3 is 6.61 Å². The number of hydrogen-bond donors (Lipinski definition) is 0. The molecule has 0 saturated carbocycles. The van der Waals surface area contributed by atoms with Gasteiger partial charge in [0.05, 0.1) is 5.92 Å². The third-order valence-corrected chi connectivity index (χ3v) is 4.97. The van der Waals surface area contributed by atoms with Crippen LogP contribution in [0, 0.1) is 10.1 Å². The van der Waals surface area contributed by atoms with Crippen LogP contribution in [0.15, 0.2) is 85.1 Å². The van der Waals surface area contributed by atoms with Crippen molar-refractivity contribution in [2.24, 2.45) is 0 Å². The molecule has 0 N–H and O–H groups in total. The number of halogens is 2. The predicted molar refractivity (Wildman–Crippen MR) is 110 cm³/mol. The van der Waals surface area contributed by atoms with Crippen LogP contribution in [0.5, 0.6) is 5.75 Å². The van der Waals surface area contributed by atoms with E-state index in [0.717, 1.165) is 22.3 Å². The van der Waals surface area contributed by atoms with Gasteiger partial charge in [0, 0.05) is 27.9 Å². The minimum Gasteiger partial charge on any atom is -0.435 e. The van der Waals surface area contributed by atoms with Crippen molar-refractivity contribution in [2.75, 3.05) is 6.54 Å². The fraction of sp³-hybridized carbons (Fsp3) is 0.130. The summed E-state index contributed by atoms with van der Waals surface area (Å²) in [5.74, 6) is -0.572. The molecule has 5 nitrogen and oxygen atoms in total. The van der Waals surface area contributed by atoms with Crippen LogP contribution in [0.4, 0.5) is 8.78 Å². The molecule has 152 valence electrons. The summed E-state index contributed by atoms with van der Waals surface area (Å²) in [4.78, 5) is 11.2. The van der Waals surface area contributed by atoms with Crippen LogP contribution >= 0.6 is 0 Å². The van der Waals surface area contributed by atoms with Crippen molar-refractivity contribution in [3.8, 4) is 16.9 Å². The number of nitrogens with zero attached hydrogens (tertiary/aromatic N) is 2. The monoisotopic (exact) mass is 408 g/mol. The van der Waals surface area contributed by atoms with E-state index < -0.39 is 12.5 Å². The van der Waals surface area contributed by atoms with E-state index in [0.29, 0.717) is 5.56 Å². The maximum atomic E-state index is 12.5. The minimum absolute atomic E-state index is 0.0110. The molecule has 0 unspecified atom stereocenters. The van der Waals surface area contributed by atoms with Crippen LogP contribution in [-0.2, 0) is 0 Å². The first-order chi connectivity index (χ1) is 14.5. The highest BCUT2D eigenvalue weighted by molar-refractivity contribution is 5.75. The Morgan fingerprint density at radius 1 is 0.967 bits per heavy atom. The van der Waals surface area contributed by atoms with Crippen molar-refractivity contribution in [3.63, 3.8) is 0 Å². The number of fused-ring (bicyclic) bond motifs is 1. The maximum Gasteiger partial charge on any atom is 0.387 e. The first kappa shape index (κ1) is 19.6. The van der Waals surface area contributed by atoms with Gasteiger partial charge in [-0.1, -0.05) is 48.5 Å². The lowest BCUT2D eigenvalue weighted by molar-refractivity contribution is -0.481. The van der Waals surface area contributed by atoms with E-state index in [1.165, 1.54) is 12.1 Å². The van der Waals surface area contributed by atoms with Gasteiger partial charge in [0.1, 0.15) is 5.75 Å². The zero-order valence-electron chi connectivity index (χ0n) is 15.8. The van der Waals surface area contributed by atoms with Crippen molar-refractivity contribution in [1.82, 2.24) is 4.40 Å². The van der Waals surface area contributed by atoms with E-state index in [9.17, 15) is 18.9 Å². The number of hydrogen-bond acceptors (Lipinski definition) is 3. The molecular weight excluding hydrogens is 390 g/mol. The summed E-state index contributed by atoms with van der Waals surface area (Å²) in [6.45, 7) is -3.26. The molecule has 0 aliphatic rings. The van der Waals surface area contributed by atoms with E-state index >= 15 is 0 Å². The van der Waals surface area contributed by atoms with Crippen LogP contribution in [0.2, 0.25) is 0 Å². The first-order valence-electron chi connectivity index (χ1n) is 9.35. The van der Waals surface area contributed by atoms with Crippen LogP contribution in [0.3, 0.4) is 0 Å². The molecule has 0 spiro atoms. The highest BCUT2D eigenvalue weighted by atomic mass is 19.3. The molecule has 2 aromatic heterocycles. The molecule has 2 heterocycles. The topological polar surface area (TPSA) is 56.8 Å². The Morgan fingerprint density at radius 2 is 1.67 bits per heavy atom. The molecule has 0 bridgehead atoms.